The first-order valence-electron chi connectivity index (χ1n) is 5.56. The Morgan fingerprint density at radius 3 is 2.63 bits per heavy atom. The van der Waals surface area contributed by atoms with Crippen molar-refractivity contribution in [3.05, 3.63) is 23.8 Å². The first-order chi connectivity index (χ1) is 8.90. The van der Waals surface area contributed by atoms with E-state index < -0.39 is 32.2 Å². The van der Waals surface area contributed by atoms with Crippen LogP contribution in [0, 0.1) is 24.0 Å². The Kier molecular flexibility index (Phi) is 5.27. The summed E-state index contributed by atoms with van der Waals surface area (Å²) in [7, 11) is -4.04. The van der Waals surface area contributed by atoms with Crippen LogP contribution >= 0.6 is 0 Å². The van der Waals surface area contributed by atoms with E-state index in [9.17, 15) is 17.2 Å². The van der Waals surface area contributed by atoms with Crippen LogP contribution in [0.15, 0.2) is 17.0 Å². The van der Waals surface area contributed by atoms with E-state index in [1.54, 1.807) is 0 Å². The van der Waals surface area contributed by atoms with Gasteiger partial charge in [-0.25, -0.2) is 21.9 Å². The molecule has 4 nitrogen and oxygen atoms in total. The second kappa shape index (κ2) is 6.50. The summed E-state index contributed by atoms with van der Waals surface area (Å²) in [5, 5.41) is 0. The Bertz CT molecular complexity index is 594. The van der Waals surface area contributed by atoms with Crippen LogP contribution in [0.25, 0.3) is 0 Å². The number of nitrogen functional groups attached to an aromatic ring is 1. The zero-order valence-corrected chi connectivity index (χ0v) is 10.9. The Morgan fingerprint density at radius 2 is 2.00 bits per heavy atom. The number of terminal acetylenes is 1. The molecule has 0 spiro atoms. The zero-order valence-electron chi connectivity index (χ0n) is 10.1. The van der Waals surface area contributed by atoms with Crippen LogP contribution in [0.1, 0.15) is 19.3 Å². The Balaban J connectivity index is 2.79. The molecule has 0 aliphatic rings. The van der Waals surface area contributed by atoms with Crippen molar-refractivity contribution in [2.24, 2.45) is 0 Å². The summed E-state index contributed by atoms with van der Waals surface area (Å²) in [6.45, 7) is 0.126. The zero-order chi connectivity index (χ0) is 14.5. The summed E-state index contributed by atoms with van der Waals surface area (Å²) in [6, 6.07) is 1.65. The number of sulfonamides is 1. The smallest absolute Gasteiger partial charge is 0.243 e. The first kappa shape index (κ1) is 15.4. The molecule has 0 aliphatic heterocycles. The SMILES string of the molecule is C#CCCCCNS(=O)(=O)c1ccc(F)c(N)c1F. The summed E-state index contributed by atoms with van der Waals surface area (Å²) in [4.78, 5) is -0.664. The molecule has 0 aliphatic carbocycles. The van der Waals surface area contributed by atoms with Gasteiger partial charge in [-0.1, -0.05) is 0 Å². The number of hydrogen-bond donors (Lipinski definition) is 2. The first-order valence-corrected chi connectivity index (χ1v) is 7.05. The van der Waals surface area contributed by atoms with Crippen molar-refractivity contribution in [3.8, 4) is 12.3 Å². The number of benzene rings is 1. The molecule has 1 aromatic rings. The molecule has 0 unspecified atom stereocenters. The molecular formula is C12H14F2N2O2S. The van der Waals surface area contributed by atoms with Crippen molar-refractivity contribution in [2.75, 3.05) is 12.3 Å². The van der Waals surface area contributed by atoms with E-state index in [0.29, 0.717) is 19.3 Å². The number of anilines is 1. The standard InChI is InChI=1S/C12H14F2N2O2S/c1-2-3-4-5-8-16-19(17,18)10-7-6-9(13)12(15)11(10)14/h1,6-7,16H,3-5,8,15H2. The van der Waals surface area contributed by atoms with Crippen molar-refractivity contribution < 1.29 is 17.2 Å². The molecule has 0 fully saturated rings. The Labute approximate surface area is 111 Å². The van der Waals surface area contributed by atoms with Crippen LogP contribution in [-0.2, 0) is 10.0 Å². The molecule has 1 rings (SSSR count). The van der Waals surface area contributed by atoms with Gasteiger partial charge in [0.2, 0.25) is 10.0 Å². The molecule has 0 saturated heterocycles. The maximum absolute atomic E-state index is 13.6. The van der Waals surface area contributed by atoms with Crippen LogP contribution in [0.2, 0.25) is 0 Å². The fraction of sp³-hybridized carbons (Fsp3) is 0.333. The highest BCUT2D eigenvalue weighted by Gasteiger charge is 2.21. The molecule has 7 heteroatoms. The number of nitrogens with one attached hydrogen (secondary N) is 1. The van der Waals surface area contributed by atoms with Gasteiger partial charge in [0.1, 0.15) is 16.4 Å². The van der Waals surface area contributed by atoms with E-state index in [0.717, 1.165) is 12.1 Å². The van der Waals surface area contributed by atoms with Gasteiger partial charge in [-0.2, -0.15) is 0 Å². The predicted octanol–water partition coefficient (Wildman–Crippen LogP) is 1.63. The molecule has 0 heterocycles. The summed E-state index contributed by atoms with van der Waals surface area (Å²) in [5.41, 5.74) is 4.30. The molecular weight excluding hydrogens is 274 g/mol. The summed E-state index contributed by atoms with van der Waals surface area (Å²) in [6.07, 6.45) is 6.78. The lowest BCUT2D eigenvalue weighted by molar-refractivity contribution is 0.546. The van der Waals surface area contributed by atoms with E-state index in [4.69, 9.17) is 12.2 Å². The van der Waals surface area contributed by atoms with E-state index >= 15 is 0 Å². The molecule has 0 amide bonds. The van der Waals surface area contributed by atoms with Crippen LogP contribution in [-0.4, -0.2) is 15.0 Å². The van der Waals surface area contributed by atoms with Gasteiger partial charge < -0.3 is 5.73 Å². The number of halogens is 2. The summed E-state index contributed by atoms with van der Waals surface area (Å²) >= 11 is 0. The Hall–Kier alpha value is -1.65. The number of rotatable bonds is 6. The van der Waals surface area contributed by atoms with Crippen molar-refractivity contribution in [2.45, 2.75) is 24.2 Å². The highest BCUT2D eigenvalue weighted by Crippen LogP contribution is 2.22. The normalized spacial score (nSPS) is 11.2. The minimum absolute atomic E-state index is 0.126. The molecule has 0 radical (unpaired) electrons. The van der Waals surface area contributed by atoms with Gasteiger partial charge in [0.15, 0.2) is 5.82 Å². The minimum Gasteiger partial charge on any atom is -0.394 e. The third-order valence-electron chi connectivity index (χ3n) is 2.42. The second-order valence-corrected chi connectivity index (χ2v) is 5.57. The van der Waals surface area contributed by atoms with Crippen molar-refractivity contribution >= 4 is 15.7 Å². The molecule has 19 heavy (non-hydrogen) atoms. The van der Waals surface area contributed by atoms with Crippen LogP contribution < -0.4 is 10.5 Å². The molecule has 0 atom stereocenters. The average Bonchev–Trinajstić information content (AvgIpc) is 2.35. The monoisotopic (exact) mass is 288 g/mol. The molecule has 0 aromatic heterocycles. The lowest BCUT2D eigenvalue weighted by atomic mass is 10.2. The van der Waals surface area contributed by atoms with Gasteiger partial charge in [-0.05, 0) is 25.0 Å². The molecule has 1 aromatic carbocycles. The van der Waals surface area contributed by atoms with Gasteiger partial charge in [-0.3, -0.25) is 0 Å². The van der Waals surface area contributed by atoms with Gasteiger partial charge in [0.25, 0.3) is 0 Å². The highest BCUT2D eigenvalue weighted by molar-refractivity contribution is 7.89. The number of hydrogen-bond acceptors (Lipinski definition) is 3. The molecule has 104 valence electrons. The summed E-state index contributed by atoms with van der Waals surface area (Å²) in [5.74, 6) is 0.148. The second-order valence-electron chi connectivity index (χ2n) is 3.83. The van der Waals surface area contributed by atoms with E-state index in [1.807, 2.05) is 0 Å². The topological polar surface area (TPSA) is 72.2 Å². The van der Waals surface area contributed by atoms with Crippen LogP contribution in [0.5, 0.6) is 0 Å². The maximum Gasteiger partial charge on any atom is 0.243 e. The highest BCUT2D eigenvalue weighted by atomic mass is 32.2. The van der Waals surface area contributed by atoms with Crippen LogP contribution in [0.4, 0.5) is 14.5 Å². The lowest BCUT2D eigenvalue weighted by Gasteiger charge is -2.09. The van der Waals surface area contributed by atoms with Crippen molar-refractivity contribution in [1.82, 2.24) is 4.72 Å². The molecule has 3 N–H and O–H groups in total. The van der Waals surface area contributed by atoms with Crippen LogP contribution in [0.3, 0.4) is 0 Å². The minimum atomic E-state index is -4.04. The largest absolute Gasteiger partial charge is 0.394 e. The third-order valence-corrected chi connectivity index (χ3v) is 3.90. The fourth-order valence-electron chi connectivity index (χ4n) is 1.39. The van der Waals surface area contributed by atoms with E-state index in [1.165, 1.54) is 0 Å². The van der Waals surface area contributed by atoms with Gasteiger partial charge in [0.05, 0.1) is 0 Å². The summed E-state index contributed by atoms with van der Waals surface area (Å²) < 4.78 is 52.3. The van der Waals surface area contributed by atoms with Gasteiger partial charge >= 0.3 is 0 Å². The van der Waals surface area contributed by atoms with Crippen molar-refractivity contribution in [3.63, 3.8) is 0 Å². The number of nitrogens with two attached hydrogens (primary N) is 1. The quantitative estimate of drug-likeness (QED) is 0.475. The van der Waals surface area contributed by atoms with E-state index in [2.05, 4.69) is 10.6 Å². The maximum atomic E-state index is 13.6. The predicted molar refractivity (Wildman–Crippen MR) is 68.6 cm³/mol. The van der Waals surface area contributed by atoms with Crippen molar-refractivity contribution in [1.29, 1.82) is 0 Å². The van der Waals surface area contributed by atoms with E-state index in [-0.39, 0.29) is 6.54 Å². The molecule has 0 bridgehead atoms. The molecule has 0 saturated carbocycles. The Morgan fingerprint density at radius 1 is 1.32 bits per heavy atom. The average molecular weight is 288 g/mol. The fourth-order valence-corrected chi connectivity index (χ4v) is 2.55. The lowest BCUT2D eigenvalue weighted by Crippen LogP contribution is -2.26. The van der Waals surface area contributed by atoms with Gasteiger partial charge in [0, 0.05) is 13.0 Å². The third kappa shape index (κ3) is 3.91. The number of unbranched alkanes of at least 4 members (excludes halogenated alkanes) is 2. The van der Waals surface area contributed by atoms with Gasteiger partial charge in [-0.15, -0.1) is 12.3 Å².